The zero-order chi connectivity index (χ0) is 22.4. The number of nitrogens with zero attached hydrogens (tertiary/aromatic N) is 2. The van der Waals surface area contributed by atoms with Gasteiger partial charge in [-0.15, -0.1) is 0 Å². The summed E-state index contributed by atoms with van der Waals surface area (Å²) in [7, 11) is 4.30. The predicted octanol–water partition coefficient (Wildman–Crippen LogP) is 0.640. The molecule has 30 heavy (non-hydrogen) atoms. The Morgan fingerprint density at radius 3 is 2.37 bits per heavy atom. The second-order valence-electron chi connectivity index (χ2n) is 7.27. The van der Waals surface area contributed by atoms with E-state index in [1.165, 1.54) is 25.1 Å². The van der Waals surface area contributed by atoms with E-state index in [2.05, 4.69) is 10.4 Å². The molecule has 2 aromatic rings. The van der Waals surface area contributed by atoms with Gasteiger partial charge in [0.1, 0.15) is 6.04 Å². The van der Waals surface area contributed by atoms with Gasteiger partial charge in [-0.1, -0.05) is 38.1 Å². The van der Waals surface area contributed by atoms with Crippen LogP contribution in [0.15, 0.2) is 35.3 Å². The highest BCUT2D eigenvalue weighted by Crippen LogP contribution is 2.25. The fourth-order valence-corrected chi connectivity index (χ4v) is 2.89. The van der Waals surface area contributed by atoms with Crippen molar-refractivity contribution < 1.29 is 19.1 Å². The molecule has 1 aromatic heterocycles. The van der Waals surface area contributed by atoms with Gasteiger partial charge in [0.25, 0.3) is 5.56 Å². The van der Waals surface area contributed by atoms with Gasteiger partial charge in [0.2, 0.25) is 5.91 Å². The summed E-state index contributed by atoms with van der Waals surface area (Å²) < 4.78 is 11.3. The molecule has 0 saturated heterocycles. The lowest BCUT2D eigenvalue weighted by molar-refractivity contribution is -0.145. The summed E-state index contributed by atoms with van der Waals surface area (Å²) in [5, 5.41) is 6.61. The molecule has 0 aliphatic carbocycles. The average Bonchev–Trinajstić information content (AvgIpc) is 2.74. The lowest BCUT2D eigenvalue weighted by atomic mass is 10.00. The summed E-state index contributed by atoms with van der Waals surface area (Å²) in [6.45, 7) is 3.65. The summed E-state index contributed by atoms with van der Waals surface area (Å²) >= 11 is 0. The van der Waals surface area contributed by atoms with Gasteiger partial charge in [0.15, 0.2) is 5.75 Å². The van der Waals surface area contributed by atoms with Crippen molar-refractivity contribution in [1.82, 2.24) is 15.1 Å². The molecule has 0 aliphatic rings. The lowest BCUT2D eigenvalue weighted by Gasteiger charge is -2.21. The monoisotopic (exact) mass is 416 g/mol. The molecule has 0 fully saturated rings. The van der Waals surface area contributed by atoms with Crippen molar-refractivity contribution in [3.63, 3.8) is 0 Å². The van der Waals surface area contributed by atoms with Crippen LogP contribution in [0.4, 0.5) is 0 Å². The highest BCUT2D eigenvalue weighted by atomic mass is 16.5. The number of benzene rings is 1. The van der Waals surface area contributed by atoms with Crippen LogP contribution in [-0.2, 0) is 27.8 Å². The first-order valence-corrected chi connectivity index (χ1v) is 9.53. The highest BCUT2D eigenvalue weighted by molar-refractivity contribution is 5.87. The third kappa shape index (κ3) is 5.24. The molecule has 9 heteroatoms. The molecule has 1 aromatic carbocycles. The van der Waals surface area contributed by atoms with Gasteiger partial charge >= 0.3 is 5.97 Å². The third-order valence-corrected chi connectivity index (χ3v) is 4.83. The minimum Gasteiger partial charge on any atom is -0.494 e. The van der Waals surface area contributed by atoms with Crippen molar-refractivity contribution in [3.05, 3.63) is 46.4 Å². The summed E-state index contributed by atoms with van der Waals surface area (Å²) in [5.74, 6) is -0.677. The lowest BCUT2D eigenvalue weighted by Crippen LogP contribution is -2.51. The van der Waals surface area contributed by atoms with E-state index in [0.29, 0.717) is 16.9 Å². The SMILES string of the molecule is COC(=O)[C@H](Cc1ccc(-c2c(OC)cnn(C)c2=O)cc1)NC(=O)[C@H](N)C(C)C. The minimum absolute atomic E-state index is 0.0689. The van der Waals surface area contributed by atoms with Crippen molar-refractivity contribution in [3.8, 4) is 16.9 Å². The Kier molecular flexibility index (Phi) is 7.71. The molecule has 3 N–H and O–H groups in total. The van der Waals surface area contributed by atoms with Crippen molar-refractivity contribution in [2.75, 3.05) is 14.2 Å². The number of rotatable bonds is 8. The molecule has 1 amide bonds. The van der Waals surface area contributed by atoms with Crippen LogP contribution in [0, 0.1) is 5.92 Å². The Morgan fingerprint density at radius 1 is 1.20 bits per heavy atom. The van der Waals surface area contributed by atoms with Gasteiger partial charge in [0, 0.05) is 13.5 Å². The third-order valence-electron chi connectivity index (χ3n) is 4.83. The zero-order valence-electron chi connectivity index (χ0n) is 17.8. The Labute approximate surface area is 175 Å². The van der Waals surface area contributed by atoms with Crippen LogP contribution in [0.3, 0.4) is 0 Å². The number of esters is 1. The Balaban J connectivity index is 2.26. The standard InChI is InChI=1S/C21H28N4O5/c1-12(2)18(22)19(26)24-15(21(28)30-5)10-13-6-8-14(9-7-13)17-16(29-4)11-23-25(3)20(17)27/h6-9,11-12,15,18H,10,22H2,1-5H3,(H,24,26)/t15-,18+/m0/s1. The second-order valence-corrected chi connectivity index (χ2v) is 7.27. The average molecular weight is 416 g/mol. The van der Waals surface area contributed by atoms with E-state index in [1.807, 2.05) is 13.8 Å². The normalized spacial score (nSPS) is 12.9. The first-order chi connectivity index (χ1) is 14.2. The van der Waals surface area contributed by atoms with Crippen LogP contribution < -0.4 is 21.3 Å². The van der Waals surface area contributed by atoms with Crippen molar-refractivity contribution in [2.45, 2.75) is 32.4 Å². The fourth-order valence-electron chi connectivity index (χ4n) is 2.89. The predicted molar refractivity (Wildman–Crippen MR) is 112 cm³/mol. The van der Waals surface area contributed by atoms with Gasteiger partial charge in [-0.3, -0.25) is 9.59 Å². The number of aryl methyl sites for hydroxylation is 1. The van der Waals surface area contributed by atoms with Crippen LogP contribution in [0.2, 0.25) is 0 Å². The summed E-state index contributed by atoms with van der Waals surface area (Å²) in [6.07, 6.45) is 1.69. The largest absolute Gasteiger partial charge is 0.494 e. The number of hydrogen-bond acceptors (Lipinski definition) is 7. The molecule has 0 aliphatic heterocycles. The van der Waals surface area contributed by atoms with E-state index >= 15 is 0 Å². The van der Waals surface area contributed by atoms with Crippen LogP contribution >= 0.6 is 0 Å². The van der Waals surface area contributed by atoms with Crippen LogP contribution in [0.1, 0.15) is 19.4 Å². The van der Waals surface area contributed by atoms with Gasteiger partial charge in [-0.05, 0) is 17.0 Å². The first-order valence-electron chi connectivity index (χ1n) is 9.53. The summed E-state index contributed by atoms with van der Waals surface area (Å²) in [5.41, 5.74) is 7.40. The van der Waals surface area contributed by atoms with E-state index in [1.54, 1.807) is 31.3 Å². The summed E-state index contributed by atoms with van der Waals surface area (Å²) in [4.78, 5) is 36.9. The molecule has 0 radical (unpaired) electrons. The van der Waals surface area contributed by atoms with E-state index in [4.69, 9.17) is 15.2 Å². The second kappa shape index (κ2) is 10.0. The molecule has 0 spiro atoms. The molecule has 0 unspecified atom stereocenters. The number of nitrogens with two attached hydrogens (primary N) is 1. The molecule has 2 atom stereocenters. The van der Waals surface area contributed by atoms with E-state index in [9.17, 15) is 14.4 Å². The van der Waals surface area contributed by atoms with Gasteiger partial charge in [0.05, 0.1) is 32.0 Å². The maximum absolute atomic E-state index is 12.5. The van der Waals surface area contributed by atoms with Gasteiger partial charge in [-0.25, -0.2) is 9.48 Å². The van der Waals surface area contributed by atoms with E-state index in [0.717, 1.165) is 5.56 Å². The molecule has 162 valence electrons. The number of ether oxygens (including phenoxy) is 2. The number of aromatic nitrogens is 2. The van der Waals surface area contributed by atoms with E-state index in [-0.39, 0.29) is 17.9 Å². The quantitative estimate of drug-likeness (QED) is 0.605. The Bertz CT molecular complexity index is 953. The van der Waals surface area contributed by atoms with Crippen molar-refractivity contribution in [1.29, 1.82) is 0 Å². The molecular weight excluding hydrogens is 388 g/mol. The Morgan fingerprint density at radius 2 is 1.83 bits per heavy atom. The zero-order valence-corrected chi connectivity index (χ0v) is 17.8. The fraction of sp³-hybridized carbons (Fsp3) is 0.429. The van der Waals surface area contributed by atoms with Crippen LogP contribution in [0.5, 0.6) is 5.75 Å². The number of nitrogens with one attached hydrogen (secondary N) is 1. The van der Waals surface area contributed by atoms with Crippen molar-refractivity contribution >= 4 is 11.9 Å². The molecule has 2 rings (SSSR count). The molecule has 0 bridgehead atoms. The summed E-state index contributed by atoms with van der Waals surface area (Å²) in [6, 6.07) is 5.46. The van der Waals surface area contributed by atoms with Gasteiger partial charge < -0.3 is 20.5 Å². The minimum atomic E-state index is -0.874. The molecular formula is C21H28N4O5. The number of amides is 1. The van der Waals surface area contributed by atoms with E-state index < -0.39 is 24.0 Å². The Hall–Kier alpha value is -3.20. The van der Waals surface area contributed by atoms with Crippen LogP contribution in [-0.4, -0.2) is 48.0 Å². The number of methoxy groups -OCH3 is 2. The van der Waals surface area contributed by atoms with Gasteiger partial charge in [-0.2, -0.15) is 5.10 Å². The van der Waals surface area contributed by atoms with Crippen molar-refractivity contribution in [2.24, 2.45) is 18.7 Å². The number of carbonyl (C=O) groups excluding carboxylic acids is 2. The van der Waals surface area contributed by atoms with Crippen LogP contribution in [0.25, 0.3) is 11.1 Å². The topological polar surface area (TPSA) is 126 Å². The number of carbonyl (C=O) groups is 2. The number of hydrogen-bond donors (Lipinski definition) is 2. The smallest absolute Gasteiger partial charge is 0.328 e. The highest BCUT2D eigenvalue weighted by Gasteiger charge is 2.26. The molecule has 1 heterocycles. The maximum Gasteiger partial charge on any atom is 0.328 e. The maximum atomic E-state index is 12.5. The molecule has 0 saturated carbocycles. The molecule has 9 nitrogen and oxygen atoms in total. The first kappa shape index (κ1) is 23.1.